The maximum atomic E-state index is 13.3. The third-order valence-corrected chi connectivity index (χ3v) is 8.99. The smallest absolute Gasteiger partial charge is 0.400 e. The molecule has 0 bridgehead atoms. The monoisotopic (exact) mass is 650 g/mol. The molecular formula is C25H30F8N4O5S. The third-order valence-electron chi connectivity index (χ3n) is 7.30. The molecule has 0 spiro atoms. The highest BCUT2D eigenvalue weighted by atomic mass is 32.2. The number of hydrogen-bond donors (Lipinski definition) is 2. The Morgan fingerprint density at radius 3 is 2.26 bits per heavy atom. The summed E-state index contributed by atoms with van der Waals surface area (Å²) in [6.45, 7) is -0.824. The van der Waals surface area contributed by atoms with Crippen molar-refractivity contribution >= 4 is 15.7 Å². The first kappa shape index (κ1) is 34.5. The number of carbonyl (C=O) groups excluding carboxylic acids is 1. The summed E-state index contributed by atoms with van der Waals surface area (Å²) in [5.41, 5.74) is -2.24. The van der Waals surface area contributed by atoms with E-state index in [9.17, 15) is 53.4 Å². The molecule has 9 nitrogen and oxygen atoms in total. The van der Waals surface area contributed by atoms with Crippen LogP contribution in [0, 0.1) is 12.8 Å². The van der Waals surface area contributed by atoms with Gasteiger partial charge in [0.2, 0.25) is 0 Å². The van der Waals surface area contributed by atoms with E-state index in [2.05, 4.69) is 20.0 Å². The van der Waals surface area contributed by atoms with Gasteiger partial charge < -0.3 is 15.2 Å². The number of aliphatic hydroxyl groups is 1. The fraction of sp³-hybridized carbons (Fsp3) is 0.640. The Kier molecular flexibility index (Phi) is 10.0. The van der Waals surface area contributed by atoms with Crippen LogP contribution in [0.15, 0.2) is 12.3 Å². The summed E-state index contributed by atoms with van der Waals surface area (Å²) in [7, 11) is -3.29. The molecule has 0 unspecified atom stereocenters. The number of imidazole rings is 1. The van der Waals surface area contributed by atoms with Gasteiger partial charge >= 0.3 is 19.0 Å². The molecule has 2 N–H and O–H groups in total. The van der Waals surface area contributed by atoms with Crippen LogP contribution < -0.4 is 10.1 Å². The number of halogens is 8. The predicted octanol–water partition coefficient (Wildman–Crippen LogP) is 4.47. The quantitative estimate of drug-likeness (QED) is 0.364. The first-order chi connectivity index (χ1) is 19.7. The number of carbonyl (C=O) groups is 1. The van der Waals surface area contributed by atoms with Crippen molar-refractivity contribution < 1.29 is 58.2 Å². The van der Waals surface area contributed by atoms with Crippen LogP contribution in [0.25, 0.3) is 5.82 Å². The van der Waals surface area contributed by atoms with E-state index in [1.165, 1.54) is 6.92 Å². The molecule has 2 heterocycles. The molecule has 0 aliphatic heterocycles. The fourth-order valence-corrected chi connectivity index (χ4v) is 6.04. The van der Waals surface area contributed by atoms with Crippen LogP contribution in [0.3, 0.4) is 0 Å². The molecule has 2 aromatic heterocycles. The Bertz CT molecular complexity index is 1400. The van der Waals surface area contributed by atoms with Gasteiger partial charge in [0.1, 0.15) is 21.4 Å². The first-order valence-electron chi connectivity index (χ1n) is 13.0. The third kappa shape index (κ3) is 8.33. The number of rotatable bonds is 10. The van der Waals surface area contributed by atoms with Gasteiger partial charge in [-0.3, -0.25) is 9.36 Å². The average Bonchev–Trinajstić information content (AvgIpc) is 3.20. The average molecular weight is 651 g/mol. The van der Waals surface area contributed by atoms with Gasteiger partial charge in [-0.2, -0.15) is 35.1 Å². The Morgan fingerprint density at radius 2 is 1.77 bits per heavy atom. The molecule has 0 saturated heterocycles. The molecule has 0 radical (unpaired) electrons. The minimum atomic E-state index is -5.67. The van der Waals surface area contributed by atoms with Crippen molar-refractivity contribution in [1.29, 1.82) is 0 Å². The number of sulfone groups is 1. The molecule has 3 rings (SSSR count). The molecule has 2 aromatic rings. The van der Waals surface area contributed by atoms with E-state index in [1.807, 2.05) is 0 Å². The number of aryl methyl sites for hydroxylation is 1. The van der Waals surface area contributed by atoms with Gasteiger partial charge in [0.15, 0.2) is 17.5 Å². The minimum Gasteiger partial charge on any atom is -0.431 e. The van der Waals surface area contributed by atoms with Gasteiger partial charge in [0, 0.05) is 25.4 Å². The molecule has 242 valence electrons. The summed E-state index contributed by atoms with van der Waals surface area (Å²) in [4.78, 5) is 21.1. The topological polar surface area (TPSA) is 123 Å². The number of nitrogens with zero attached hydrogens (tertiary/aromatic N) is 3. The van der Waals surface area contributed by atoms with E-state index in [-0.39, 0.29) is 55.9 Å². The Balaban J connectivity index is 1.91. The lowest BCUT2D eigenvalue weighted by Crippen LogP contribution is -2.47. The lowest BCUT2D eigenvalue weighted by atomic mass is 9.84. The highest BCUT2D eigenvalue weighted by Gasteiger charge is 2.56. The molecule has 43 heavy (non-hydrogen) atoms. The van der Waals surface area contributed by atoms with Crippen molar-refractivity contribution in [2.75, 3.05) is 12.8 Å². The molecule has 1 amide bonds. The number of amides is 1. The highest BCUT2D eigenvalue weighted by Crippen LogP contribution is 2.42. The number of aromatic nitrogens is 3. The van der Waals surface area contributed by atoms with Crippen LogP contribution in [0.1, 0.15) is 60.2 Å². The van der Waals surface area contributed by atoms with E-state index in [0.29, 0.717) is 12.3 Å². The number of alkyl halides is 8. The van der Waals surface area contributed by atoms with Gasteiger partial charge in [0.05, 0.1) is 16.5 Å². The van der Waals surface area contributed by atoms with E-state index in [4.69, 9.17) is 0 Å². The van der Waals surface area contributed by atoms with Crippen LogP contribution in [-0.2, 0) is 22.7 Å². The van der Waals surface area contributed by atoms with Crippen LogP contribution in [-0.4, -0.2) is 76.6 Å². The maximum absolute atomic E-state index is 13.3. The molecular weight excluding hydrogens is 620 g/mol. The number of ether oxygens (including phenoxy) is 1. The summed E-state index contributed by atoms with van der Waals surface area (Å²) in [5, 5.41) is 12.8. The largest absolute Gasteiger partial charge is 0.431 e. The fourth-order valence-electron chi connectivity index (χ4n) is 4.95. The predicted molar refractivity (Wildman–Crippen MR) is 136 cm³/mol. The molecule has 1 fully saturated rings. The standard InChI is InChI=1S/C25H30F8N4O5S/c1-4-18-36-19(21(38)35-12-23(39)7-5-15(6-8-23)43(3,40)41)13(2)37(18)20-16(42-22(26)27)9-14(11-34-20)10-17(24(28,29)30)25(31,32)33/h9,11,15,17,22,39H,4-8,10,12H2,1-3H3,(H,35,38)/t15-,23-. The van der Waals surface area contributed by atoms with Crippen LogP contribution in [0.4, 0.5) is 35.1 Å². The van der Waals surface area contributed by atoms with Gasteiger partial charge in [0.25, 0.3) is 5.91 Å². The molecule has 18 heteroatoms. The lowest BCUT2D eigenvalue weighted by Gasteiger charge is -2.35. The van der Waals surface area contributed by atoms with Crippen molar-refractivity contribution in [3.8, 4) is 11.6 Å². The second-order valence-electron chi connectivity index (χ2n) is 10.5. The van der Waals surface area contributed by atoms with Crippen molar-refractivity contribution in [2.24, 2.45) is 5.92 Å². The number of hydrogen-bond acceptors (Lipinski definition) is 7. The molecule has 1 aliphatic rings. The van der Waals surface area contributed by atoms with Crippen LogP contribution in [0.2, 0.25) is 0 Å². The Morgan fingerprint density at radius 1 is 1.19 bits per heavy atom. The summed E-state index contributed by atoms with van der Waals surface area (Å²) >= 11 is 0. The normalized spacial score (nSPS) is 20.1. The van der Waals surface area contributed by atoms with Crippen molar-refractivity contribution in [1.82, 2.24) is 19.9 Å². The molecule has 0 aromatic carbocycles. The van der Waals surface area contributed by atoms with E-state index in [0.717, 1.165) is 10.8 Å². The summed E-state index contributed by atoms with van der Waals surface area (Å²) in [6, 6.07) is 0.597. The summed E-state index contributed by atoms with van der Waals surface area (Å²) < 4.78 is 134. The van der Waals surface area contributed by atoms with E-state index >= 15 is 0 Å². The lowest BCUT2D eigenvalue weighted by molar-refractivity contribution is -0.283. The number of pyridine rings is 1. The Hall–Kier alpha value is -3.02. The van der Waals surface area contributed by atoms with Crippen molar-refractivity contribution in [2.45, 2.75) is 82.2 Å². The minimum absolute atomic E-state index is 0.0324. The van der Waals surface area contributed by atoms with E-state index in [1.54, 1.807) is 6.92 Å². The van der Waals surface area contributed by atoms with Crippen LogP contribution >= 0.6 is 0 Å². The highest BCUT2D eigenvalue weighted by molar-refractivity contribution is 7.91. The summed E-state index contributed by atoms with van der Waals surface area (Å²) in [6.07, 6.45) is -10.5. The van der Waals surface area contributed by atoms with Crippen LogP contribution in [0.5, 0.6) is 5.75 Å². The van der Waals surface area contributed by atoms with Gasteiger partial charge in [-0.05, 0) is 50.7 Å². The van der Waals surface area contributed by atoms with Crippen molar-refractivity contribution in [3.05, 3.63) is 35.0 Å². The van der Waals surface area contributed by atoms with E-state index < -0.39 is 75.0 Å². The Labute approximate surface area is 241 Å². The first-order valence-corrected chi connectivity index (χ1v) is 15.0. The second-order valence-corrected chi connectivity index (χ2v) is 12.8. The zero-order valence-corrected chi connectivity index (χ0v) is 24.0. The number of nitrogens with one attached hydrogen (secondary N) is 1. The molecule has 0 atom stereocenters. The molecule has 1 saturated carbocycles. The van der Waals surface area contributed by atoms with Gasteiger partial charge in [-0.25, -0.2) is 18.4 Å². The SMILES string of the molecule is CCc1nc(C(=O)NC[C@]2(O)CC[C@H](S(C)(=O)=O)CC2)c(C)n1-c1ncc(CC(C(F)(F)F)C(F)(F)F)cc1OC(F)F. The van der Waals surface area contributed by atoms with Crippen molar-refractivity contribution in [3.63, 3.8) is 0 Å². The molecule has 1 aliphatic carbocycles. The zero-order chi connectivity index (χ0) is 32.5. The van der Waals surface area contributed by atoms with Gasteiger partial charge in [-0.1, -0.05) is 6.92 Å². The summed E-state index contributed by atoms with van der Waals surface area (Å²) in [5.74, 6) is -5.76. The zero-order valence-electron chi connectivity index (χ0n) is 23.2. The maximum Gasteiger partial charge on any atom is 0.400 e. The van der Waals surface area contributed by atoms with Gasteiger partial charge in [-0.15, -0.1) is 0 Å². The second kappa shape index (κ2) is 12.5.